The highest BCUT2D eigenvalue weighted by molar-refractivity contribution is 7.44. The molecule has 3 N–H and O–H groups in total. The first-order valence-electron chi connectivity index (χ1n) is 2.64. The lowest BCUT2D eigenvalue weighted by Gasteiger charge is -2.22. The van der Waals surface area contributed by atoms with E-state index in [9.17, 15) is 0 Å². The van der Waals surface area contributed by atoms with Gasteiger partial charge in [-0.3, -0.25) is 0 Å². The van der Waals surface area contributed by atoms with Gasteiger partial charge in [-0.2, -0.15) is 0 Å². The first-order chi connectivity index (χ1) is 3.84. The normalized spacial score (nSPS) is 32.5. The highest BCUT2D eigenvalue weighted by Gasteiger charge is 2.16. The molecule has 0 radical (unpaired) electrons. The van der Waals surface area contributed by atoms with Gasteiger partial charge in [0.2, 0.25) is 0 Å². The molecular formula is C5H10NOP. The Morgan fingerprint density at radius 3 is 2.62 bits per heavy atom. The SMILES string of the molecule is NC(CO)C1C=CP1. The summed E-state index contributed by atoms with van der Waals surface area (Å²) in [6.45, 7) is 0.113. The first-order valence-corrected chi connectivity index (χ1v) is 3.79. The number of nitrogens with two attached hydrogens (primary N) is 1. The van der Waals surface area contributed by atoms with Gasteiger partial charge in [0.1, 0.15) is 0 Å². The summed E-state index contributed by atoms with van der Waals surface area (Å²) in [5, 5.41) is 8.52. The quantitative estimate of drug-likeness (QED) is 0.513. The van der Waals surface area contributed by atoms with Crippen LogP contribution in [0.2, 0.25) is 0 Å². The Balaban J connectivity index is 2.25. The smallest absolute Gasteiger partial charge is 0.0591 e. The average Bonchev–Trinajstić information content (AvgIpc) is 1.62. The molecule has 0 amide bonds. The molecule has 0 saturated carbocycles. The zero-order chi connectivity index (χ0) is 5.98. The number of aliphatic hydroxyl groups is 1. The Morgan fingerprint density at radius 2 is 2.50 bits per heavy atom. The molecule has 2 nitrogen and oxygen atoms in total. The summed E-state index contributed by atoms with van der Waals surface area (Å²) in [7, 11) is 0.834. The molecule has 0 aliphatic carbocycles. The maximum atomic E-state index is 8.52. The fourth-order valence-corrected chi connectivity index (χ4v) is 1.35. The molecule has 0 saturated heterocycles. The first kappa shape index (κ1) is 6.21. The summed E-state index contributed by atoms with van der Waals surface area (Å²) in [4.78, 5) is 0. The maximum Gasteiger partial charge on any atom is 0.0591 e. The van der Waals surface area contributed by atoms with Crippen LogP contribution >= 0.6 is 8.58 Å². The highest BCUT2D eigenvalue weighted by atomic mass is 31.1. The summed E-state index contributed by atoms with van der Waals surface area (Å²) >= 11 is 0. The molecule has 8 heavy (non-hydrogen) atoms. The molecule has 3 atom stereocenters. The largest absolute Gasteiger partial charge is 0.395 e. The van der Waals surface area contributed by atoms with Crippen molar-refractivity contribution in [2.24, 2.45) is 5.73 Å². The number of hydrogen-bond acceptors (Lipinski definition) is 2. The topological polar surface area (TPSA) is 46.2 Å². The van der Waals surface area contributed by atoms with E-state index < -0.39 is 0 Å². The fraction of sp³-hybridized carbons (Fsp3) is 0.600. The van der Waals surface area contributed by atoms with Crippen molar-refractivity contribution in [2.75, 3.05) is 6.61 Å². The van der Waals surface area contributed by atoms with Crippen LogP contribution in [0.3, 0.4) is 0 Å². The Kier molecular flexibility index (Phi) is 2.01. The molecule has 0 aromatic heterocycles. The third kappa shape index (κ3) is 1.08. The van der Waals surface area contributed by atoms with Crippen LogP contribution in [-0.2, 0) is 0 Å². The van der Waals surface area contributed by atoms with E-state index in [1.807, 2.05) is 0 Å². The predicted octanol–water partition coefficient (Wildman–Crippen LogP) is -0.120. The van der Waals surface area contributed by atoms with E-state index in [0.29, 0.717) is 5.66 Å². The van der Waals surface area contributed by atoms with Gasteiger partial charge in [0.05, 0.1) is 6.61 Å². The van der Waals surface area contributed by atoms with Gasteiger partial charge in [-0.25, -0.2) is 0 Å². The minimum absolute atomic E-state index is 0.0154. The molecule has 0 spiro atoms. The van der Waals surface area contributed by atoms with Crippen molar-refractivity contribution in [1.82, 2.24) is 0 Å². The van der Waals surface area contributed by atoms with Crippen LogP contribution in [0.15, 0.2) is 11.9 Å². The Hall–Kier alpha value is 0.0900. The van der Waals surface area contributed by atoms with Crippen LogP contribution in [0.1, 0.15) is 0 Å². The molecule has 1 aliphatic rings. The van der Waals surface area contributed by atoms with Gasteiger partial charge in [-0.05, 0) is 0 Å². The standard InChI is InChI=1S/C5H10NOP/c6-4(3-7)5-1-2-8-5/h1-2,4-5,7-8H,3,6H2. The lowest BCUT2D eigenvalue weighted by molar-refractivity contribution is 0.268. The van der Waals surface area contributed by atoms with Gasteiger partial charge < -0.3 is 10.8 Å². The number of aliphatic hydroxyl groups excluding tert-OH is 1. The van der Waals surface area contributed by atoms with Crippen molar-refractivity contribution in [2.45, 2.75) is 11.7 Å². The molecule has 3 heteroatoms. The lowest BCUT2D eigenvalue weighted by atomic mass is 10.2. The second-order valence-electron chi connectivity index (χ2n) is 1.90. The third-order valence-corrected chi connectivity index (χ3v) is 2.65. The van der Waals surface area contributed by atoms with E-state index >= 15 is 0 Å². The van der Waals surface area contributed by atoms with Crippen molar-refractivity contribution < 1.29 is 5.11 Å². The van der Waals surface area contributed by atoms with Gasteiger partial charge in [-0.15, -0.1) is 0 Å². The molecule has 46 valence electrons. The zero-order valence-corrected chi connectivity index (χ0v) is 5.54. The van der Waals surface area contributed by atoms with Crippen LogP contribution in [0.25, 0.3) is 0 Å². The van der Waals surface area contributed by atoms with Crippen LogP contribution < -0.4 is 5.73 Å². The third-order valence-electron chi connectivity index (χ3n) is 1.26. The lowest BCUT2D eigenvalue weighted by Crippen LogP contribution is -2.35. The highest BCUT2D eigenvalue weighted by Crippen LogP contribution is 2.33. The number of hydrogen-bond donors (Lipinski definition) is 2. The Labute approximate surface area is 50.6 Å². The second-order valence-corrected chi connectivity index (χ2v) is 3.23. The maximum absolute atomic E-state index is 8.52. The molecule has 1 rings (SSSR count). The van der Waals surface area contributed by atoms with E-state index in [1.54, 1.807) is 0 Å². The van der Waals surface area contributed by atoms with E-state index in [2.05, 4.69) is 11.9 Å². The zero-order valence-electron chi connectivity index (χ0n) is 4.54. The second kappa shape index (κ2) is 2.58. The van der Waals surface area contributed by atoms with Crippen molar-refractivity contribution in [1.29, 1.82) is 0 Å². The van der Waals surface area contributed by atoms with E-state index in [-0.39, 0.29) is 12.6 Å². The van der Waals surface area contributed by atoms with Gasteiger partial charge in [0, 0.05) is 11.7 Å². The molecule has 0 fully saturated rings. The van der Waals surface area contributed by atoms with Crippen molar-refractivity contribution in [3.05, 3.63) is 11.9 Å². The van der Waals surface area contributed by atoms with Crippen molar-refractivity contribution >= 4 is 8.58 Å². The van der Waals surface area contributed by atoms with E-state index in [0.717, 1.165) is 8.58 Å². The number of rotatable bonds is 2. The van der Waals surface area contributed by atoms with Crippen LogP contribution in [0.4, 0.5) is 0 Å². The minimum Gasteiger partial charge on any atom is -0.395 e. The molecule has 0 aromatic rings. The average molecular weight is 131 g/mol. The van der Waals surface area contributed by atoms with Gasteiger partial charge in [0.25, 0.3) is 0 Å². The summed E-state index contributed by atoms with van der Waals surface area (Å²) in [5.41, 5.74) is 5.96. The summed E-state index contributed by atoms with van der Waals surface area (Å²) in [6.07, 6.45) is 2.05. The molecule has 3 unspecified atom stereocenters. The van der Waals surface area contributed by atoms with Gasteiger partial charge >= 0.3 is 0 Å². The van der Waals surface area contributed by atoms with Gasteiger partial charge in [0.15, 0.2) is 0 Å². The minimum atomic E-state index is -0.0154. The van der Waals surface area contributed by atoms with Crippen LogP contribution in [0, 0.1) is 0 Å². The summed E-state index contributed by atoms with van der Waals surface area (Å²) in [6, 6.07) is -0.0154. The molecule has 0 aromatic carbocycles. The predicted molar refractivity (Wildman–Crippen MR) is 36.3 cm³/mol. The molecular weight excluding hydrogens is 121 g/mol. The Bertz CT molecular complexity index is 105. The molecule has 1 heterocycles. The summed E-state index contributed by atoms with van der Waals surface area (Å²) in [5.74, 6) is 2.10. The van der Waals surface area contributed by atoms with Gasteiger partial charge in [-0.1, -0.05) is 20.5 Å². The molecule has 1 aliphatic heterocycles. The van der Waals surface area contributed by atoms with E-state index in [4.69, 9.17) is 10.8 Å². The summed E-state index contributed by atoms with van der Waals surface area (Å²) < 4.78 is 0. The monoisotopic (exact) mass is 131 g/mol. The van der Waals surface area contributed by atoms with E-state index in [1.165, 1.54) is 0 Å². The van der Waals surface area contributed by atoms with Crippen LogP contribution in [-0.4, -0.2) is 23.4 Å². The molecule has 0 bridgehead atoms. The van der Waals surface area contributed by atoms with Crippen molar-refractivity contribution in [3.63, 3.8) is 0 Å². The fourth-order valence-electron chi connectivity index (χ4n) is 0.587. The van der Waals surface area contributed by atoms with Crippen LogP contribution in [0.5, 0.6) is 0 Å². The van der Waals surface area contributed by atoms with Crippen molar-refractivity contribution in [3.8, 4) is 0 Å². The Morgan fingerprint density at radius 1 is 1.88 bits per heavy atom.